The van der Waals surface area contributed by atoms with E-state index in [2.05, 4.69) is 80.5 Å². The SMILES string of the molecule is C#CC(NC(CC)CC1C(C)CCCC1C(C)C(C)CCCC)C(C)CCC(C)CCC(C)(C)C. The summed E-state index contributed by atoms with van der Waals surface area (Å²) in [6.07, 6.45) is 22.1. The highest BCUT2D eigenvalue weighted by Gasteiger charge is 2.37. The molecule has 1 heteroatoms. The maximum absolute atomic E-state index is 6.11. The van der Waals surface area contributed by atoms with E-state index in [1.807, 2.05) is 0 Å². The van der Waals surface area contributed by atoms with Crippen LogP contribution in [0.1, 0.15) is 146 Å². The van der Waals surface area contributed by atoms with Crippen LogP contribution in [0.3, 0.4) is 0 Å². The largest absolute Gasteiger partial charge is 0.301 e. The minimum absolute atomic E-state index is 0.202. The Kier molecular flexibility index (Phi) is 15.2. The van der Waals surface area contributed by atoms with E-state index >= 15 is 0 Å². The van der Waals surface area contributed by atoms with Gasteiger partial charge >= 0.3 is 0 Å². The van der Waals surface area contributed by atoms with Gasteiger partial charge in [-0.1, -0.05) is 120 Å². The molecular formula is C34H65N. The summed E-state index contributed by atoms with van der Waals surface area (Å²) in [7, 11) is 0. The minimum atomic E-state index is 0.202. The summed E-state index contributed by atoms with van der Waals surface area (Å²) < 4.78 is 0. The van der Waals surface area contributed by atoms with Crippen LogP contribution in [0.5, 0.6) is 0 Å². The molecule has 9 unspecified atom stereocenters. The van der Waals surface area contributed by atoms with Gasteiger partial charge in [0.1, 0.15) is 0 Å². The zero-order valence-corrected chi connectivity index (χ0v) is 25.8. The molecule has 0 radical (unpaired) electrons. The molecule has 0 spiro atoms. The van der Waals surface area contributed by atoms with Gasteiger partial charge in [0.25, 0.3) is 0 Å². The van der Waals surface area contributed by atoms with Crippen molar-refractivity contribution in [3.8, 4) is 12.3 Å². The lowest BCUT2D eigenvalue weighted by atomic mass is 9.63. The average Bonchev–Trinajstić information content (AvgIpc) is 2.82. The summed E-state index contributed by atoms with van der Waals surface area (Å²) in [5, 5.41) is 3.99. The summed E-state index contributed by atoms with van der Waals surface area (Å²) in [6.45, 7) is 24.2. The maximum Gasteiger partial charge on any atom is 0.0714 e. The van der Waals surface area contributed by atoms with E-state index in [1.165, 1.54) is 77.0 Å². The van der Waals surface area contributed by atoms with Crippen molar-refractivity contribution in [2.45, 2.75) is 158 Å². The molecule has 0 aromatic carbocycles. The Balaban J connectivity index is 2.72. The lowest BCUT2D eigenvalue weighted by Gasteiger charge is -2.44. The van der Waals surface area contributed by atoms with Gasteiger partial charge in [-0.25, -0.2) is 0 Å². The minimum Gasteiger partial charge on any atom is -0.301 e. The van der Waals surface area contributed by atoms with Crippen molar-refractivity contribution >= 4 is 0 Å². The van der Waals surface area contributed by atoms with E-state index in [0.717, 1.165) is 35.5 Å². The molecule has 1 aliphatic rings. The van der Waals surface area contributed by atoms with Crippen LogP contribution in [0.2, 0.25) is 0 Å². The molecule has 1 N–H and O–H groups in total. The first kappa shape index (κ1) is 32.5. The Hall–Kier alpha value is -0.480. The third-order valence-electron chi connectivity index (χ3n) is 9.78. The molecule has 0 bridgehead atoms. The van der Waals surface area contributed by atoms with Gasteiger partial charge in [0.05, 0.1) is 6.04 Å². The van der Waals surface area contributed by atoms with Crippen LogP contribution in [0.25, 0.3) is 0 Å². The molecule has 0 aromatic rings. The van der Waals surface area contributed by atoms with Crippen molar-refractivity contribution in [2.24, 2.45) is 46.8 Å². The van der Waals surface area contributed by atoms with Gasteiger partial charge in [-0.2, -0.15) is 0 Å². The first-order valence-electron chi connectivity index (χ1n) is 15.7. The molecule has 9 atom stereocenters. The predicted octanol–water partition coefficient (Wildman–Crippen LogP) is 10.1. The average molecular weight is 488 g/mol. The molecule has 1 rings (SSSR count). The molecule has 1 fully saturated rings. The number of rotatable bonds is 16. The second-order valence-corrected chi connectivity index (χ2v) is 14.1. The fourth-order valence-corrected chi connectivity index (χ4v) is 6.65. The first-order chi connectivity index (χ1) is 16.4. The van der Waals surface area contributed by atoms with Crippen molar-refractivity contribution in [1.29, 1.82) is 0 Å². The summed E-state index contributed by atoms with van der Waals surface area (Å²) in [6, 6.07) is 0.746. The molecule has 1 aliphatic carbocycles. The molecule has 206 valence electrons. The van der Waals surface area contributed by atoms with Crippen LogP contribution >= 0.6 is 0 Å². The molecule has 35 heavy (non-hydrogen) atoms. The summed E-state index contributed by atoms with van der Waals surface area (Å²) in [5.41, 5.74) is 0.441. The highest BCUT2D eigenvalue weighted by atomic mass is 14.9. The highest BCUT2D eigenvalue weighted by Crippen LogP contribution is 2.44. The summed E-state index contributed by atoms with van der Waals surface area (Å²) in [4.78, 5) is 0. The second kappa shape index (κ2) is 16.4. The van der Waals surface area contributed by atoms with Crippen LogP contribution in [-0.4, -0.2) is 12.1 Å². The molecule has 0 saturated heterocycles. The van der Waals surface area contributed by atoms with Crippen molar-refractivity contribution < 1.29 is 0 Å². The quantitative estimate of drug-likeness (QED) is 0.213. The van der Waals surface area contributed by atoms with Gasteiger partial charge in [-0.3, -0.25) is 0 Å². The van der Waals surface area contributed by atoms with Crippen LogP contribution in [-0.2, 0) is 0 Å². The monoisotopic (exact) mass is 488 g/mol. The van der Waals surface area contributed by atoms with E-state index in [9.17, 15) is 0 Å². The molecule has 0 amide bonds. The fraction of sp³-hybridized carbons (Fsp3) is 0.941. The number of nitrogens with one attached hydrogen (secondary N) is 1. The van der Waals surface area contributed by atoms with E-state index in [1.54, 1.807) is 0 Å². The Morgan fingerprint density at radius 2 is 1.63 bits per heavy atom. The van der Waals surface area contributed by atoms with Gasteiger partial charge in [0.2, 0.25) is 0 Å². The van der Waals surface area contributed by atoms with E-state index in [4.69, 9.17) is 6.42 Å². The Morgan fingerprint density at radius 1 is 0.943 bits per heavy atom. The van der Waals surface area contributed by atoms with E-state index < -0.39 is 0 Å². The van der Waals surface area contributed by atoms with Gasteiger partial charge < -0.3 is 5.32 Å². The van der Waals surface area contributed by atoms with Gasteiger partial charge in [-0.15, -0.1) is 6.42 Å². The van der Waals surface area contributed by atoms with Crippen molar-refractivity contribution in [1.82, 2.24) is 5.32 Å². The number of hydrogen-bond acceptors (Lipinski definition) is 1. The second-order valence-electron chi connectivity index (χ2n) is 14.1. The van der Waals surface area contributed by atoms with Crippen molar-refractivity contribution in [3.05, 3.63) is 0 Å². The molecule has 0 heterocycles. The Bertz CT molecular complexity index is 580. The van der Waals surface area contributed by atoms with E-state index in [-0.39, 0.29) is 6.04 Å². The lowest BCUT2D eigenvalue weighted by molar-refractivity contribution is 0.0705. The van der Waals surface area contributed by atoms with Crippen LogP contribution in [0.15, 0.2) is 0 Å². The van der Waals surface area contributed by atoms with Crippen molar-refractivity contribution in [2.75, 3.05) is 0 Å². The molecular weight excluding hydrogens is 422 g/mol. The van der Waals surface area contributed by atoms with Crippen LogP contribution < -0.4 is 5.32 Å². The zero-order valence-electron chi connectivity index (χ0n) is 25.8. The van der Waals surface area contributed by atoms with Gasteiger partial charge in [-0.05, 0) is 78.9 Å². The third-order valence-corrected chi connectivity index (χ3v) is 9.78. The summed E-state index contributed by atoms with van der Waals surface area (Å²) in [5.74, 6) is 8.74. The lowest BCUT2D eigenvalue weighted by Crippen LogP contribution is -2.44. The van der Waals surface area contributed by atoms with Gasteiger partial charge in [0, 0.05) is 6.04 Å². The van der Waals surface area contributed by atoms with Crippen LogP contribution in [0, 0.1) is 59.2 Å². The van der Waals surface area contributed by atoms with Crippen LogP contribution in [0.4, 0.5) is 0 Å². The fourth-order valence-electron chi connectivity index (χ4n) is 6.65. The van der Waals surface area contributed by atoms with E-state index in [0.29, 0.717) is 17.4 Å². The Labute approximate surface area is 222 Å². The zero-order chi connectivity index (χ0) is 26.6. The smallest absolute Gasteiger partial charge is 0.0714 e. The molecule has 0 aliphatic heterocycles. The number of hydrogen-bond donors (Lipinski definition) is 1. The third kappa shape index (κ3) is 12.1. The predicted molar refractivity (Wildman–Crippen MR) is 159 cm³/mol. The summed E-state index contributed by atoms with van der Waals surface area (Å²) >= 11 is 0. The van der Waals surface area contributed by atoms with Crippen molar-refractivity contribution in [3.63, 3.8) is 0 Å². The maximum atomic E-state index is 6.11. The highest BCUT2D eigenvalue weighted by molar-refractivity contribution is 5.03. The normalized spacial score (nSPS) is 26.4. The Morgan fingerprint density at radius 3 is 2.20 bits per heavy atom. The topological polar surface area (TPSA) is 12.0 Å². The molecule has 1 nitrogen and oxygen atoms in total. The number of terminal acetylenes is 1. The molecule has 1 saturated carbocycles. The number of unbranched alkanes of at least 4 members (excludes halogenated alkanes) is 1. The standard InChI is InChI=1S/C34H65N/c1-12-15-17-26(5)29(8)31-19-16-18-27(6)32(31)24-30(13-2)35-33(14-3)28(7)21-20-25(4)22-23-34(9,10)11/h3,25-33,35H,12-13,15-24H2,1-2,4-11H3. The molecule has 0 aromatic heterocycles. The van der Waals surface area contributed by atoms with Gasteiger partial charge in [0.15, 0.2) is 0 Å². The first-order valence-corrected chi connectivity index (χ1v) is 15.7.